The van der Waals surface area contributed by atoms with Gasteiger partial charge >= 0.3 is 0 Å². The summed E-state index contributed by atoms with van der Waals surface area (Å²) in [6.45, 7) is 5.51. The van der Waals surface area contributed by atoms with Gasteiger partial charge in [0.05, 0.1) is 0 Å². The van der Waals surface area contributed by atoms with E-state index in [4.69, 9.17) is 0 Å². The number of nitrogens with one attached hydrogen (secondary N) is 2. The Kier molecular flexibility index (Phi) is 10.4. The summed E-state index contributed by atoms with van der Waals surface area (Å²) in [5, 5.41) is 7.76. The van der Waals surface area contributed by atoms with Gasteiger partial charge in [-0.3, -0.25) is 4.99 Å². The van der Waals surface area contributed by atoms with Crippen molar-refractivity contribution in [2.75, 3.05) is 19.8 Å². The molecule has 0 aliphatic heterocycles. The third-order valence-electron chi connectivity index (χ3n) is 3.30. The van der Waals surface area contributed by atoms with Crippen LogP contribution in [0.2, 0.25) is 0 Å². The highest BCUT2D eigenvalue weighted by molar-refractivity contribution is 14.0. The molecule has 2 N–H and O–H groups in total. The maximum Gasteiger partial charge on any atom is 0.191 e. The average Bonchev–Trinajstić information content (AvgIpc) is 2.75. The smallest absolute Gasteiger partial charge is 0.191 e. The van der Waals surface area contributed by atoms with Crippen LogP contribution in [0.15, 0.2) is 4.99 Å². The van der Waals surface area contributed by atoms with E-state index in [2.05, 4.69) is 35.7 Å². The summed E-state index contributed by atoms with van der Waals surface area (Å²) in [5.74, 6) is 1.71. The van der Waals surface area contributed by atoms with Gasteiger partial charge in [0, 0.05) is 24.9 Å². The van der Waals surface area contributed by atoms with Crippen LogP contribution in [-0.2, 0) is 0 Å². The Morgan fingerprint density at radius 3 is 2.61 bits per heavy atom. The third kappa shape index (κ3) is 7.07. The van der Waals surface area contributed by atoms with E-state index in [0.717, 1.165) is 23.7 Å². The second-order valence-electron chi connectivity index (χ2n) is 5.19. The number of nitrogens with zero attached hydrogens (tertiary/aromatic N) is 1. The number of rotatable bonds is 5. The summed E-state index contributed by atoms with van der Waals surface area (Å²) >= 11 is 1.99. The minimum absolute atomic E-state index is 0. The summed E-state index contributed by atoms with van der Waals surface area (Å²) in [7, 11) is 1.85. The molecule has 1 fully saturated rings. The molecule has 3 nitrogen and oxygen atoms in total. The second-order valence-corrected chi connectivity index (χ2v) is 6.33. The Hall–Kier alpha value is 0.350. The molecule has 2 atom stereocenters. The van der Waals surface area contributed by atoms with Gasteiger partial charge in [0.15, 0.2) is 5.96 Å². The maximum absolute atomic E-state index is 4.29. The van der Waals surface area contributed by atoms with Crippen LogP contribution in [0.25, 0.3) is 0 Å². The lowest BCUT2D eigenvalue weighted by molar-refractivity contribution is 0.563. The van der Waals surface area contributed by atoms with Gasteiger partial charge in [-0.15, -0.1) is 24.0 Å². The van der Waals surface area contributed by atoms with Gasteiger partial charge in [0.25, 0.3) is 0 Å². The zero-order valence-corrected chi connectivity index (χ0v) is 15.2. The number of thioether (sulfide) groups is 1. The minimum Gasteiger partial charge on any atom is -0.356 e. The Morgan fingerprint density at radius 1 is 1.39 bits per heavy atom. The number of hydrogen-bond acceptors (Lipinski definition) is 2. The van der Waals surface area contributed by atoms with Crippen LogP contribution in [0.1, 0.15) is 39.5 Å². The lowest BCUT2D eigenvalue weighted by Crippen LogP contribution is -2.43. The van der Waals surface area contributed by atoms with Crippen LogP contribution in [-0.4, -0.2) is 37.1 Å². The molecule has 0 aromatic heterocycles. The zero-order chi connectivity index (χ0) is 12.7. The van der Waals surface area contributed by atoms with Gasteiger partial charge in [-0.1, -0.05) is 13.8 Å². The first kappa shape index (κ1) is 18.4. The highest BCUT2D eigenvalue weighted by atomic mass is 127. The van der Waals surface area contributed by atoms with E-state index in [1.54, 1.807) is 0 Å². The van der Waals surface area contributed by atoms with E-state index in [1.807, 2.05) is 18.8 Å². The van der Waals surface area contributed by atoms with E-state index >= 15 is 0 Å². The van der Waals surface area contributed by atoms with Crippen molar-refractivity contribution in [1.82, 2.24) is 10.6 Å². The van der Waals surface area contributed by atoms with E-state index in [0.29, 0.717) is 6.04 Å². The molecule has 1 aliphatic rings. The molecule has 5 heteroatoms. The van der Waals surface area contributed by atoms with Gasteiger partial charge in [0.2, 0.25) is 0 Å². The maximum atomic E-state index is 4.29. The van der Waals surface area contributed by atoms with Crippen molar-refractivity contribution in [3.63, 3.8) is 0 Å². The first-order valence-corrected chi connectivity index (χ1v) is 7.94. The molecule has 1 saturated carbocycles. The molecule has 0 aromatic rings. The predicted molar refractivity (Wildman–Crippen MR) is 94.3 cm³/mol. The lowest BCUT2D eigenvalue weighted by atomic mass is 10.1. The highest BCUT2D eigenvalue weighted by Gasteiger charge is 2.24. The largest absolute Gasteiger partial charge is 0.356 e. The number of halogens is 1. The van der Waals surface area contributed by atoms with Gasteiger partial charge < -0.3 is 10.6 Å². The summed E-state index contributed by atoms with van der Waals surface area (Å²) < 4.78 is 0. The minimum atomic E-state index is 0. The van der Waals surface area contributed by atoms with E-state index in [-0.39, 0.29) is 24.0 Å². The van der Waals surface area contributed by atoms with E-state index in [9.17, 15) is 0 Å². The summed E-state index contributed by atoms with van der Waals surface area (Å²) in [6, 6.07) is 0.609. The van der Waals surface area contributed by atoms with Crippen molar-refractivity contribution in [1.29, 1.82) is 0 Å². The molecular weight excluding hydrogens is 357 g/mol. The Balaban J connectivity index is 0.00000289. The molecular formula is C13H28IN3S. The standard InChI is InChI=1S/C13H27N3S.HI/c1-10(2)7-8-15-13(14-3)16-11-5-6-12(9-11)17-4;/h10-12H,5-9H2,1-4H3,(H2,14,15,16);1H. The lowest BCUT2D eigenvalue weighted by Gasteiger charge is -2.17. The van der Waals surface area contributed by atoms with E-state index in [1.165, 1.54) is 25.7 Å². The summed E-state index contributed by atoms with van der Waals surface area (Å²) in [4.78, 5) is 4.29. The molecule has 1 rings (SSSR count). The van der Waals surface area contributed by atoms with Crippen LogP contribution in [0.4, 0.5) is 0 Å². The fourth-order valence-corrected chi connectivity index (χ4v) is 2.95. The Morgan fingerprint density at radius 2 is 2.11 bits per heavy atom. The van der Waals surface area contributed by atoms with Gasteiger partial charge in [-0.25, -0.2) is 0 Å². The summed E-state index contributed by atoms with van der Waals surface area (Å²) in [5.41, 5.74) is 0. The topological polar surface area (TPSA) is 36.4 Å². The van der Waals surface area contributed by atoms with Crippen molar-refractivity contribution < 1.29 is 0 Å². The predicted octanol–water partition coefficient (Wildman–Crippen LogP) is 3.10. The fourth-order valence-electron chi connectivity index (χ4n) is 2.15. The Bertz CT molecular complexity index is 246. The summed E-state index contributed by atoms with van der Waals surface area (Å²) in [6.07, 6.45) is 7.28. The molecule has 18 heavy (non-hydrogen) atoms. The van der Waals surface area contributed by atoms with Crippen molar-refractivity contribution in [2.45, 2.75) is 50.8 Å². The van der Waals surface area contributed by atoms with E-state index < -0.39 is 0 Å². The van der Waals surface area contributed by atoms with Crippen LogP contribution >= 0.6 is 35.7 Å². The fraction of sp³-hybridized carbons (Fsp3) is 0.923. The molecule has 1 aliphatic carbocycles. The normalized spacial score (nSPS) is 23.9. The monoisotopic (exact) mass is 385 g/mol. The number of hydrogen-bond donors (Lipinski definition) is 2. The Labute approximate surface area is 133 Å². The van der Waals surface area contributed by atoms with Crippen molar-refractivity contribution >= 4 is 41.7 Å². The van der Waals surface area contributed by atoms with Gasteiger partial charge in [-0.05, 0) is 37.9 Å². The third-order valence-corrected chi connectivity index (χ3v) is 4.39. The van der Waals surface area contributed by atoms with Gasteiger partial charge in [0.1, 0.15) is 0 Å². The first-order valence-electron chi connectivity index (χ1n) is 6.65. The molecule has 0 spiro atoms. The molecule has 0 aromatic carbocycles. The molecule has 108 valence electrons. The highest BCUT2D eigenvalue weighted by Crippen LogP contribution is 2.27. The molecule has 0 heterocycles. The zero-order valence-electron chi connectivity index (χ0n) is 12.0. The molecule has 0 amide bonds. The average molecular weight is 385 g/mol. The first-order chi connectivity index (χ1) is 8.15. The number of aliphatic imine (C=N–C) groups is 1. The van der Waals surface area contributed by atoms with Gasteiger partial charge in [-0.2, -0.15) is 11.8 Å². The second kappa shape index (κ2) is 10.2. The quantitative estimate of drug-likeness (QED) is 0.434. The SMILES string of the molecule is CN=C(NCCC(C)C)NC1CCC(SC)C1.I. The van der Waals surface area contributed by atoms with Crippen LogP contribution in [0.5, 0.6) is 0 Å². The van der Waals surface area contributed by atoms with Crippen LogP contribution < -0.4 is 10.6 Å². The van der Waals surface area contributed by atoms with Crippen molar-refractivity contribution in [3.05, 3.63) is 0 Å². The number of guanidine groups is 1. The van der Waals surface area contributed by atoms with Crippen molar-refractivity contribution in [3.8, 4) is 0 Å². The van der Waals surface area contributed by atoms with Crippen LogP contribution in [0, 0.1) is 5.92 Å². The van der Waals surface area contributed by atoms with Crippen molar-refractivity contribution in [2.24, 2.45) is 10.9 Å². The molecule has 0 bridgehead atoms. The molecule has 0 saturated heterocycles. The van der Waals surface area contributed by atoms with Crippen LogP contribution in [0.3, 0.4) is 0 Å². The molecule has 2 unspecified atom stereocenters. The molecule has 0 radical (unpaired) electrons.